The van der Waals surface area contributed by atoms with Gasteiger partial charge in [0.05, 0.1) is 0 Å². The Morgan fingerprint density at radius 3 is 2.28 bits per heavy atom. The fourth-order valence-electron chi connectivity index (χ4n) is 2.23. The molecule has 0 N–H and O–H groups in total. The third-order valence-corrected chi connectivity index (χ3v) is 4.27. The van der Waals surface area contributed by atoms with Crippen LogP contribution in [0.25, 0.3) is 22.1 Å². The summed E-state index contributed by atoms with van der Waals surface area (Å²) in [6.45, 7) is 0. The zero-order valence-electron chi connectivity index (χ0n) is 12.3. The SMILES string of the molecule is O=c1cc(-c2ccccc2)c2ccc(OS(=O)(=O)C(F)(F)F)cc2o1. The molecule has 0 spiro atoms. The summed E-state index contributed by atoms with van der Waals surface area (Å²) in [6.07, 6.45) is 0. The van der Waals surface area contributed by atoms with Gasteiger partial charge < -0.3 is 8.60 Å². The fraction of sp³-hybridized carbons (Fsp3) is 0.0625. The second-order valence-corrected chi connectivity index (χ2v) is 6.52. The first-order chi connectivity index (χ1) is 11.7. The topological polar surface area (TPSA) is 73.6 Å². The summed E-state index contributed by atoms with van der Waals surface area (Å²) in [6, 6.07) is 13.3. The standard InChI is InChI=1S/C16H9F3O5S/c17-16(18,19)25(21,22)24-11-6-7-12-13(10-4-2-1-3-5-10)9-15(20)23-14(12)8-11/h1-9H. The van der Waals surface area contributed by atoms with Crippen molar-refractivity contribution in [3.05, 3.63) is 65.0 Å². The van der Waals surface area contributed by atoms with Crippen LogP contribution in [0.5, 0.6) is 5.75 Å². The van der Waals surface area contributed by atoms with Crippen LogP contribution in [-0.2, 0) is 10.1 Å². The van der Waals surface area contributed by atoms with Gasteiger partial charge in [-0.1, -0.05) is 30.3 Å². The molecule has 0 fully saturated rings. The molecule has 1 heterocycles. The molecule has 0 saturated carbocycles. The van der Waals surface area contributed by atoms with Crippen molar-refractivity contribution < 1.29 is 30.2 Å². The van der Waals surface area contributed by atoms with Crippen molar-refractivity contribution in [1.29, 1.82) is 0 Å². The van der Waals surface area contributed by atoms with Gasteiger partial charge in [0.1, 0.15) is 11.3 Å². The second-order valence-electron chi connectivity index (χ2n) is 4.99. The van der Waals surface area contributed by atoms with E-state index in [1.165, 1.54) is 12.1 Å². The van der Waals surface area contributed by atoms with Crippen molar-refractivity contribution in [2.45, 2.75) is 5.51 Å². The zero-order valence-corrected chi connectivity index (χ0v) is 13.1. The van der Waals surface area contributed by atoms with Crippen molar-refractivity contribution in [2.75, 3.05) is 0 Å². The molecule has 130 valence electrons. The molecule has 0 unspecified atom stereocenters. The maximum absolute atomic E-state index is 12.4. The van der Waals surface area contributed by atoms with E-state index in [-0.39, 0.29) is 5.58 Å². The second kappa shape index (κ2) is 5.92. The lowest BCUT2D eigenvalue weighted by molar-refractivity contribution is -0.0500. The Balaban J connectivity index is 2.13. The molecular weight excluding hydrogens is 361 g/mol. The minimum Gasteiger partial charge on any atom is -0.423 e. The van der Waals surface area contributed by atoms with Crippen molar-refractivity contribution in [1.82, 2.24) is 0 Å². The van der Waals surface area contributed by atoms with Gasteiger partial charge in [0.2, 0.25) is 0 Å². The molecular formula is C16H9F3O5S. The van der Waals surface area contributed by atoms with E-state index in [2.05, 4.69) is 4.18 Å². The van der Waals surface area contributed by atoms with E-state index in [9.17, 15) is 26.4 Å². The molecule has 0 saturated heterocycles. The highest BCUT2D eigenvalue weighted by molar-refractivity contribution is 7.88. The summed E-state index contributed by atoms with van der Waals surface area (Å²) in [4.78, 5) is 11.7. The van der Waals surface area contributed by atoms with Crippen LogP contribution >= 0.6 is 0 Å². The minimum atomic E-state index is -5.81. The first-order valence-electron chi connectivity index (χ1n) is 6.81. The largest absolute Gasteiger partial charge is 0.534 e. The quantitative estimate of drug-likeness (QED) is 0.399. The number of halogens is 3. The average molecular weight is 370 g/mol. The Morgan fingerprint density at radius 1 is 0.960 bits per heavy atom. The van der Waals surface area contributed by atoms with E-state index in [1.54, 1.807) is 30.3 Å². The third kappa shape index (κ3) is 3.36. The molecule has 0 aliphatic rings. The Morgan fingerprint density at radius 2 is 1.64 bits per heavy atom. The Bertz CT molecular complexity index is 1090. The highest BCUT2D eigenvalue weighted by Gasteiger charge is 2.48. The summed E-state index contributed by atoms with van der Waals surface area (Å²) in [5.74, 6) is -0.613. The average Bonchev–Trinajstić information content (AvgIpc) is 2.53. The van der Waals surface area contributed by atoms with Gasteiger partial charge in [-0.3, -0.25) is 0 Å². The van der Waals surface area contributed by atoms with Gasteiger partial charge >= 0.3 is 21.3 Å². The van der Waals surface area contributed by atoms with Crippen LogP contribution in [0.4, 0.5) is 13.2 Å². The van der Waals surface area contributed by atoms with Gasteiger partial charge in [-0.05, 0) is 23.3 Å². The predicted molar refractivity (Wildman–Crippen MR) is 83.5 cm³/mol. The zero-order chi connectivity index (χ0) is 18.2. The van der Waals surface area contributed by atoms with E-state index in [0.29, 0.717) is 16.5 Å². The Hall–Kier alpha value is -2.81. The van der Waals surface area contributed by atoms with Gasteiger partial charge in [-0.15, -0.1) is 0 Å². The number of fused-ring (bicyclic) bond motifs is 1. The van der Waals surface area contributed by atoms with Crippen LogP contribution in [0, 0.1) is 0 Å². The molecule has 9 heteroatoms. The molecule has 0 bridgehead atoms. The van der Waals surface area contributed by atoms with Gasteiger partial charge in [-0.2, -0.15) is 21.6 Å². The van der Waals surface area contributed by atoms with Crippen LogP contribution in [0.3, 0.4) is 0 Å². The molecule has 1 aromatic heterocycles. The molecule has 3 aromatic rings. The van der Waals surface area contributed by atoms with Crippen molar-refractivity contribution in [3.8, 4) is 16.9 Å². The maximum atomic E-state index is 12.4. The first-order valence-corrected chi connectivity index (χ1v) is 8.22. The highest BCUT2D eigenvalue weighted by Crippen LogP contribution is 2.32. The molecule has 5 nitrogen and oxygen atoms in total. The normalized spacial score (nSPS) is 12.3. The van der Waals surface area contributed by atoms with E-state index in [4.69, 9.17) is 4.42 Å². The summed E-state index contributed by atoms with van der Waals surface area (Å²) >= 11 is 0. The lowest BCUT2D eigenvalue weighted by Gasteiger charge is -2.10. The molecule has 0 amide bonds. The summed E-state index contributed by atoms with van der Waals surface area (Å²) < 4.78 is 68.3. The van der Waals surface area contributed by atoms with Gasteiger partial charge in [0, 0.05) is 17.5 Å². The summed E-state index contributed by atoms with van der Waals surface area (Å²) in [7, 11) is -5.81. The molecule has 2 aromatic carbocycles. The maximum Gasteiger partial charge on any atom is 0.534 e. The minimum absolute atomic E-state index is 0.0961. The molecule has 3 rings (SSSR count). The highest BCUT2D eigenvalue weighted by atomic mass is 32.2. The number of hydrogen-bond donors (Lipinski definition) is 0. The summed E-state index contributed by atoms with van der Waals surface area (Å²) in [5.41, 5.74) is -5.20. The molecule has 25 heavy (non-hydrogen) atoms. The lowest BCUT2D eigenvalue weighted by Crippen LogP contribution is -2.28. The van der Waals surface area contributed by atoms with Crippen LogP contribution in [0.2, 0.25) is 0 Å². The fourth-order valence-corrected chi connectivity index (χ4v) is 2.68. The van der Waals surface area contributed by atoms with Crippen LogP contribution in [0.15, 0.2) is 63.8 Å². The Kier molecular flexibility index (Phi) is 4.03. The van der Waals surface area contributed by atoms with E-state index in [0.717, 1.165) is 12.1 Å². The monoisotopic (exact) mass is 370 g/mol. The van der Waals surface area contributed by atoms with Crippen LogP contribution in [0.1, 0.15) is 0 Å². The number of alkyl halides is 3. The van der Waals surface area contributed by atoms with Gasteiger partial charge in [0.15, 0.2) is 0 Å². The van der Waals surface area contributed by atoms with E-state index in [1.807, 2.05) is 0 Å². The van der Waals surface area contributed by atoms with Crippen molar-refractivity contribution >= 4 is 21.1 Å². The number of hydrogen-bond acceptors (Lipinski definition) is 5. The smallest absolute Gasteiger partial charge is 0.423 e. The molecule has 0 aliphatic carbocycles. The van der Waals surface area contributed by atoms with E-state index < -0.39 is 27.0 Å². The third-order valence-electron chi connectivity index (χ3n) is 3.29. The number of rotatable bonds is 3. The summed E-state index contributed by atoms with van der Waals surface area (Å²) in [5, 5.41) is 0.419. The molecule has 0 radical (unpaired) electrons. The molecule has 0 aliphatic heterocycles. The van der Waals surface area contributed by atoms with Crippen molar-refractivity contribution in [2.24, 2.45) is 0 Å². The van der Waals surface area contributed by atoms with Crippen molar-refractivity contribution in [3.63, 3.8) is 0 Å². The number of benzene rings is 2. The Labute approximate surface area is 139 Å². The van der Waals surface area contributed by atoms with Crippen LogP contribution in [-0.4, -0.2) is 13.9 Å². The van der Waals surface area contributed by atoms with Crippen LogP contribution < -0.4 is 9.81 Å². The predicted octanol–water partition coefficient (Wildman–Crippen LogP) is 3.69. The van der Waals surface area contributed by atoms with E-state index >= 15 is 0 Å². The van der Waals surface area contributed by atoms with Gasteiger partial charge in [-0.25, -0.2) is 4.79 Å². The van der Waals surface area contributed by atoms with Gasteiger partial charge in [0.25, 0.3) is 0 Å². The lowest BCUT2D eigenvalue weighted by atomic mass is 10.0. The molecule has 0 atom stereocenters. The first kappa shape index (κ1) is 17.0.